The molecule has 2 atom stereocenters. The number of anilines is 2. The van der Waals surface area contributed by atoms with Crippen molar-refractivity contribution in [3.63, 3.8) is 0 Å². The Morgan fingerprint density at radius 2 is 1.79 bits per heavy atom. The van der Waals surface area contributed by atoms with Gasteiger partial charge in [0.05, 0.1) is 28.5 Å². The molecule has 0 spiro atoms. The maximum absolute atomic E-state index is 12.3. The van der Waals surface area contributed by atoms with Crippen LogP contribution in [0.2, 0.25) is 5.02 Å². The molecule has 5 rings (SSSR count). The molecule has 0 unspecified atom stereocenters. The lowest BCUT2D eigenvalue weighted by Gasteiger charge is -2.28. The predicted molar refractivity (Wildman–Crippen MR) is 166 cm³/mol. The van der Waals surface area contributed by atoms with Crippen molar-refractivity contribution >= 4 is 62.1 Å². The Balaban J connectivity index is 1.61. The molecular formula is C30H29BrClN5OS. The Morgan fingerprint density at radius 3 is 2.44 bits per heavy atom. The van der Waals surface area contributed by atoms with E-state index in [1.807, 2.05) is 62.4 Å². The van der Waals surface area contributed by atoms with E-state index >= 15 is 0 Å². The molecule has 1 saturated heterocycles. The van der Waals surface area contributed by atoms with Crippen molar-refractivity contribution in [2.45, 2.75) is 39.8 Å². The minimum atomic E-state index is -0.185. The number of carbonyl (C=O) groups excluding carboxylic acids is 1. The zero-order valence-corrected chi connectivity index (χ0v) is 25.2. The normalized spacial score (nSPS) is 17.0. The van der Waals surface area contributed by atoms with Gasteiger partial charge in [0.1, 0.15) is 0 Å². The average molecular weight is 623 g/mol. The molecule has 9 heteroatoms. The van der Waals surface area contributed by atoms with Crippen LogP contribution >= 0.6 is 39.7 Å². The van der Waals surface area contributed by atoms with Gasteiger partial charge in [0.25, 0.3) is 0 Å². The van der Waals surface area contributed by atoms with Crippen molar-refractivity contribution in [1.82, 2.24) is 14.9 Å². The zero-order valence-electron chi connectivity index (χ0n) is 22.1. The molecule has 1 fully saturated rings. The summed E-state index contributed by atoms with van der Waals surface area (Å²) >= 11 is 16.1. The summed E-state index contributed by atoms with van der Waals surface area (Å²) in [5, 5.41) is 7.45. The molecule has 1 amide bonds. The number of amides is 1. The Morgan fingerprint density at radius 1 is 1.08 bits per heavy atom. The summed E-state index contributed by atoms with van der Waals surface area (Å²) in [4.78, 5) is 19.1. The lowest BCUT2D eigenvalue weighted by molar-refractivity contribution is -0.118. The summed E-state index contributed by atoms with van der Waals surface area (Å²) in [7, 11) is 0. The average Bonchev–Trinajstić information content (AvgIpc) is 3.41. The van der Waals surface area contributed by atoms with Crippen LogP contribution in [0.5, 0.6) is 0 Å². The van der Waals surface area contributed by atoms with E-state index in [0.717, 1.165) is 38.5 Å². The number of aromatic nitrogens is 2. The number of carbonyl (C=O) groups is 1. The van der Waals surface area contributed by atoms with Crippen LogP contribution in [0.25, 0.3) is 5.69 Å². The SMILES string of the molecule is Cc1cc([C@H]2[C@@H](c3ccccn3)NC(=S)N2c2ccc(NC(=O)C(C)C)c(Cl)c2)c(C)n1-c1ccc(Br)cc1. The number of aryl methyl sites for hydroxylation is 1. The van der Waals surface area contributed by atoms with Crippen LogP contribution in [-0.2, 0) is 4.79 Å². The Kier molecular flexibility index (Phi) is 7.80. The summed E-state index contributed by atoms with van der Waals surface area (Å²) in [5.74, 6) is -0.239. The topological polar surface area (TPSA) is 62.2 Å². The third-order valence-corrected chi connectivity index (χ3v) is 8.14. The molecule has 0 radical (unpaired) electrons. The van der Waals surface area contributed by atoms with Gasteiger partial charge in [0, 0.05) is 39.4 Å². The van der Waals surface area contributed by atoms with Gasteiger partial charge in [-0.25, -0.2) is 0 Å². The van der Waals surface area contributed by atoms with Crippen LogP contribution in [0.15, 0.2) is 77.4 Å². The monoisotopic (exact) mass is 621 g/mol. The first kappa shape index (κ1) is 27.4. The highest BCUT2D eigenvalue weighted by molar-refractivity contribution is 9.10. The largest absolute Gasteiger partial charge is 0.351 e. The molecule has 3 heterocycles. The highest BCUT2D eigenvalue weighted by Gasteiger charge is 2.42. The fraction of sp³-hybridized carbons (Fsp3) is 0.233. The summed E-state index contributed by atoms with van der Waals surface area (Å²) in [6.45, 7) is 7.94. The van der Waals surface area contributed by atoms with E-state index in [9.17, 15) is 4.79 Å². The smallest absolute Gasteiger partial charge is 0.226 e. The van der Waals surface area contributed by atoms with Gasteiger partial charge in [0.15, 0.2) is 5.11 Å². The quantitative estimate of drug-likeness (QED) is 0.216. The van der Waals surface area contributed by atoms with E-state index in [1.165, 1.54) is 0 Å². The van der Waals surface area contributed by atoms with Crippen molar-refractivity contribution in [1.29, 1.82) is 0 Å². The summed E-state index contributed by atoms with van der Waals surface area (Å²) in [6.07, 6.45) is 1.80. The number of rotatable bonds is 6. The predicted octanol–water partition coefficient (Wildman–Crippen LogP) is 7.68. The second kappa shape index (κ2) is 11.1. The highest BCUT2D eigenvalue weighted by Crippen LogP contribution is 2.44. The van der Waals surface area contributed by atoms with E-state index in [0.29, 0.717) is 15.8 Å². The number of hydrogen-bond acceptors (Lipinski definition) is 3. The van der Waals surface area contributed by atoms with Gasteiger partial charge in [-0.15, -0.1) is 0 Å². The molecule has 2 N–H and O–H groups in total. The minimum absolute atomic E-state index is 0.0866. The second-order valence-corrected chi connectivity index (χ2v) is 11.7. The van der Waals surface area contributed by atoms with Gasteiger partial charge in [-0.1, -0.05) is 47.4 Å². The summed E-state index contributed by atoms with van der Waals surface area (Å²) in [6, 6.07) is 21.7. The molecular weight excluding hydrogens is 594 g/mol. The molecule has 200 valence electrons. The maximum atomic E-state index is 12.3. The van der Waals surface area contributed by atoms with Crippen LogP contribution in [0.4, 0.5) is 11.4 Å². The fourth-order valence-corrected chi connectivity index (χ4v) is 5.89. The fourth-order valence-electron chi connectivity index (χ4n) is 5.06. The summed E-state index contributed by atoms with van der Waals surface area (Å²) < 4.78 is 3.29. The standard InChI is InChI=1S/C30H29BrClN5OS/c1-17(2)29(38)34-25-13-12-22(16-24(25)32)37-28(27(35-30(37)39)26-7-5-6-14-33-26)23-15-18(3)36(19(23)4)21-10-8-20(31)9-11-21/h5-17,27-28H,1-4H3,(H,34,38)(H,35,39)/t27-,28+/m1/s1. The van der Waals surface area contributed by atoms with Gasteiger partial charge in [-0.3, -0.25) is 9.78 Å². The van der Waals surface area contributed by atoms with Gasteiger partial charge >= 0.3 is 0 Å². The van der Waals surface area contributed by atoms with E-state index < -0.39 is 0 Å². The lowest BCUT2D eigenvalue weighted by atomic mass is 9.96. The van der Waals surface area contributed by atoms with E-state index in [-0.39, 0.29) is 23.9 Å². The van der Waals surface area contributed by atoms with E-state index in [2.05, 4.69) is 73.1 Å². The van der Waals surface area contributed by atoms with Gasteiger partial charge in [0.2, 0.25) is 5.91 Å². The number of benzene rings is 2. The Hall–Kier alpha value is -3.20. The Labute approximate surface area is 247 Å². The maximum Gasteiger partial charge on any atom is 0.226 e. The molecule has 0 bridgehead atoms. The Bertz CT molecular complexity index is 1540. The van der Waals surface area contributed by atoms with E-state index in [1.54, 1.807) is 6.20 Å². The molecule has 6 nitrogen and oxygen atoms in total. The van der Waals surface area contributed by atoms with Crippen molar-refractivity contribution in [3.05, 3.63) is 105 Å². The van der Waals surface area contributed by atoms with Gasteiger partial charge in [-0.05, 0) is 92.3 Å². The van der Waals surface area contributed by atoms with Crippen LogP contribution in [0.3, 0.4) is 0 Å². The van der Waals surface area contributed by atoms with Crippen LogP contribution in [0, 0.1) is 19.8 Å². The summed E-state index contributed by atoms with van der Waals surface area (Å²) in [5.41, 5.74) is 6.75. The number of nitrogens with zero attached hydrogens (tertiary/aromatic N) is 3. The number of pyridine rings is 1. The molecule has 1 aliphatic rings. The van der Waals surface area contributed by atoms with Gasteiger partial charge in [-0.2, -0.15) is 0 Å². The highest BCUT2D eigenvalue weighted by atomic mass is 79.9. The molecule has 0 saturated carbocycles. The first-order chi connectivity index (χ1) is 18.7. The van der Waals surface area contributed by atoms with Crippen molar-refractivity contribution in [2.24, 2.45) is 5.92 Å². The molecule has 2 aromatic heterocycles. The second-order valence-electron chi connectivity index (χ2n) is 9.94. The molecule has 2 aromatic carbocycles. The third kappa shape index (κ3) is 5.33. The zero-order chi connectivity index (χ0) is 27.8. The molecule has 4 aromatic rings. The van der Waals surface area contributed by atoms with Crippen LogP contribution in [-0.4, -0.2) is 20.6 Å². The number of halogens is 2. The minimum Gasteiger partial charge on any atom is -0.351 e. The third-order valence-electron chi connectivity index (χ3n) is 6.98. The number of thiocarbonyl (C=S) groups is 1. The van der Waals surface area contributed by atoms with Crippen molar-refractivity contribution in [3.8, 4) is 5.69 Å². The molecule has 39 heavy (non-hydrogen) atoms. The van der Waals surface area contributed by atoms with Crippen LogP contribution in [0.1, 0.15) is 48.6 Å². The van der Waals surface area contributed by atoms with Crippen molar-refractivity contribution < 1.29 is 4.79 Å². The molecule has 1 aliphatic heterocycles. The van der Waals surface area contributed by atoms with Gasteiger partial charge < -0.3 is 20.1 Å². The van der Waals surface area contributed by atoms with E-state index in [4.69, 9.17) is 23.8 Å². The lowest BCUT2D eigenvalue weighted by Crippen LogP contribution is -2.29. The first-order valence-corrected chi connectivity index (χ1v) is 14.3. The number of nitrogens with one attached hydrogen (secondary N) is 2. The first-order valence-electron chi connectivity index (χ1n) is 12.7. The van der Waals surface area contributed by atoms with Crippen LogP contribution < -0.4 is 15.5 Å². The van der Waals surface area contributed by atoms with Crippen molar-refractivity contribution in [2.75, 3.05) is 10.2 Å². The number of hydrogen-bond donors (Lipinski definition) is 2. The molecule has 0 aliphatic carbocycles.